The third-order valence-corrected chi connectivity index (χ3v) is 3.45. The van der Waals surface area contributed by atoms with Crippen molar-refractivity contribution >= 4 is 17.6 Å². The topological polar surface area (TPSA) is 50.4 Å². The van der Waals surface area contributed by atoms with Crippen LogP contribution >= 0.6 is 11.8 Å². The molecule has 4 heteroatoms. The van der Waals surface area contributed by atoms with Gasteiger partial charge in [0.15, 0.2) is 0 Å². The average molecular weight is 215 g/mol. The first-order valence-electron chi connectivity index (χ1n) is 5.33. The molecular weight excluding hydrogens is 194 g/mol. The molecule has 82 valence electrons. The lowest BCUT2D eigenvalue weighted by Crippen LogP contribution is -2.33. The number of hydrogen-bond donors (Lipinski definition) is 2. The van der Waals surface area contributed by atoms with Crippen molar-refractivity contribution in [2.75, 3.05) is 11.5 Å². The number of thioether (sulfide) groups is 1. The van der Waals surface area contributed by atoms with Gasteiger partial charge in [-0.2, -0.15) is 11.8 Å². The van der Waals surface area contributed by atoms with Gasteiger partial charge >= 0.3 is 0 Å². The van der Waals surface area contributed by atoms with Crippen molar-refractivity contribution in [1.29, 1.82) is 0 Å². The summed E-state index contributed by atoms with van der Waals surface area (Å²) in [7, 11) is 0. The minimum atomic E-state index is 0.332. The number of aliphatic imine (C=N–C) groups is 1. The molecular formula is C10H21N3S. The van der Waals surface area contributed by atoms with Crippen molar-refractivity contribution in [3.8, 4) is 0 Å². The summed E-state index contributed by atoms with van der Waals surface area (Å²) < 4.78 is 0. The molecule has 1 aliphatic heterocycles. The van der Waals surface area contributed by atoms with E-state index in [4.69, 9.17) is 5.84 Å². The third kappa shape index (κ3) is 4.33. The maximum absolute atomic E-state index is 5.45. The molecule has 1 heterocycles. The Hall–Kier alpha value is -0.220. The standard InChI is InChI=1S/C10H21N3S/c1-8(2)12-10(13-11)7-9-3-5-14-6-4-9/h8-9H,3-7,11H2,1-2H3,(H,12,13). The molecule has 0 aromatic carbocycles. The summed E-state index contributed by atoms with van der Waals surface area (Å²) in [6, 6.07) is 0.332. The highest BCUT2D eigenvalue weighted by Crippen LogP contribution is 2.25. The van der Waals surface area contributed by atoms with E-state index in [1.165, 1.54) is 24.3 Å². The van der Waals surface area contributed by atoms with Crippen molar-refractivity contribution in [3.05, 3.63) is 0 Å². The van der Waals surface area contributed by atoms with Crippen molar-refractivity contribution in [3.63, 3.8) is 0 Å². The molecule has 1 fully saturated rings. The molecule has 1 aliphatic rings. The van der Waals surface area contributed by atoms with Crippen LogP contribution in [0.5, 0.6) is 0 Å². The number of nitrogens with one attached hydrogen (secondary N) is 1. The SMILES string of the molecule is CC(C)N=C(CC1CCSCC1)NN. The van der Waals surface area contributed by atoms with Crippen LogP contribution in [-0.4, -0.2) is 23.4 Å². The maximum atomic E-state index is 5.45. The van der Waals surface area contributed by atoms with E-state index in [9.17, 15) is 0 Å². The summed E-state index contributed by atoms with van der Waals surface area (Å²) in [6.45, 7) is 4.15. The number of hydrogen-bond acceptors (Lipinski definition) is 3. The Balaban J connectivity index is 2.38. The molecule has 0 amide bonds. The van der Waals surface area contributed by atoms with Gasteiger partial charge in [-0.05, 0) is 44.1 Å². The van der Waals surface area contributed by atoms with Crippen LogP contribution in [0.3, 0.4) is 0 Å². The molecule has 3 nitrogen and oxygen atoms in total. The Bertz CT molecular complexity index is 186. The summed E-state index contributed by atoms with van der Waals surface area (Å²) in [5, 5.41) is 0. The van der Waals surface area contributed by atoms with Crippen LogP contribution in [0, 0.1) is 5.92 Å². The second-order valence-corrected chi connectivity index (χ2v) is 5.30. The smallest absolute Gasteiger partial charge is 0.111 e. The van der Waals surface area contributed by atoms with Gasteiger partial charge in [0.05, 0.1) is 0 Å². The monoisotopic (exact) mass is 215 g/mol. The van der Waals surface area contributed by atoms with Crippen molar-refractivity contribution in [2.45, 2.75) is 39.2 Å². The second-order valence-electron chi connectivity index (χ2n) is 4.07. The van der Waals surface area contributed by atoms with E-state index in [1.54, 1.807) is 0 Å². The molecule has 0 saturated carbocycles. The first kappa shape index (κ1) is 11.9. The fourth-order valence-electron chi connectivity index (χ4n) is 1.68. The highest BCUT2D eigenvalue weighted by atomic mass is 32.2. The molecule has 3 N–H and O–H groups in total. The summed E-state index contributed by atoms with van der Waals surface area (Å²) in [4.78, 5) is 4.46. The quantitative estimate of drug-likeness (QED) is 0.327. The van der Waals surface area contributed by atoms with Crippen LogP contribution in [0.15, 0.2) is 4.99 Å². The molecule has 0 bridgehead atoms. The highest BCUT2D eigenvalue weighted by Gasteiger charge is 2.15. The zero-order valence-electron chi connectivity index (χ0n) is 9.12. The average Bonchev–Trinajstić information content (AvgIpc) is 2.17. The summed E-state index contributed by atoms with van der Waals surface area (Å²) in [5.74, 6) is 9.80. The molecule has 0 radical (unpaired) electrons. The minimum absolute atomic E-state index is 0.332. The van der Waals surface area contributed by atoms with Gasteiger partial charge in [0, 0.05) is 12.5 Å². The van der Waals surface area contributed by atoms with Crippen LogP contribution in [0.2, 0.25) is 0 Å². The fraction of sp³-hybridized carbons (Fsp3) is 0.900. The predicted octanol–water partition coefficient (Wildman–Crippen LogP) is 1.79. The Labute approximate surface area is 90.9 Å². The van der Waals surface area contributed by atoms with Gasteiger partial charge < -0.3 is 5.43 Å². The predicted molar refractivity (Wildman–Crippen MR) is 64.6 cm³/mol. The molecule has 0 atom stereocenters. The number of nitrogens with zero attached hydrogens (tertiary/aromatic N) is 1. The van der Waals surface area contributed by atoms with Crippen LogP contribution in [0.4, 0.5) is 0 Å². The van der Waals surface area contributed by atoms with E-state index in [0.717, 1.165) is 18.2 Å². The molecule has 0 spiro atoms. The van der Waals surface area contributed by atoms with Crippen LogP contribution in [-0.2, 0) is 0 Å². The van der Waals surface area contributed by atoms with Gasteiger partial charge in [0.1, 0.15) is 5.84 Å². The van der Waals surface area contributed by atoms with E-state index >= 15 is 0 Å². The number of rotatable bonds is 3. The molecule has 0 unspecified atom stereocenters. The first-order chi connectivity index (χ1) is 6.72. The van der Waals surface area contributed by atoms with Gasteiger partial charge in [0.2, 0.25) is 0 Å². The lowest BCUT2D eigenvalue weighted by atomic mass is 9.98. The van der Waals surface area contributed by atoms with E-state index in [0.29, 0.717) is 6.04 Å². The Morgan fingerprint density at radius 3 is 2.64 bits per heavy atom. The Morgan fingerprint density at radius 1 is 1.50 bits per heavy atom. The zero-order chi connectivity index (χ0) is 10.4. The van der Waals surface area contributed by atoms with Gasteiger partial charge in [-0.3, -0.25) is 4.99 Å². The van der Waals surface area contributed by atoms with E-state index in [-0.39, 0.29) is 0 Å². The first-order valence-corrected chi connectivity index (χ1v) is 6.49. The van der Waals surface area contributed by atoms with Crippen LogP contribution < -0.4 is 11.3 Å². The molecule has 14 heavy (non-hydrogen) atoms. The minimum Gasteiger partial charge on any atom is -0.312 e. The van der Waals surface area contributed by atoms with Gasteiger partial charge in [0.25, 0.3) is 0 Å². The Kier molecular flexibility index (Phi) is 5.33. The van der Waals surface area contributed by atoms with E-state index in [1.807, 2.05) is 0 Å². The number of amidine groups is 1. The van der Waals surface area contributed by atoms with Gasteiger partial charge in [-0.25, -0.2) is 5.84 Å². The van der Waals surface area contributed by atoms with Crippen molar-refractivity contribution in [1.82, 2.24) is 5.43 Å². The molecule has 0 aliphatic carbocycles. The normalized spacial score (nSPS) is 20.1. The molecule has 1 rings (SSSR count). The van der Waals surface area contributed by atoms with Crippen LogP contribution in [0.25, 0.3) is 0 Å². The van der Waals surface area contributed by atoms with Gasteiger partial charge in [-0.1, -0.05) is 0 Å². The summed E-state index contributed by atoms with van der Waals surface area (Å²) >= 11 is 2.06. The van der Waals surface area contributed by atoms with Crippen molar-refractivity contribution in [2.24, 2.45) is 16.8 Å². The third-order valence-electron chi connectivity index (χ3n) is 2.40. The number of nitrogens with two attached hydrogens (primary N) is 1. The van der Waals surface area contributed by atoms with Crippen LogP contribution in [0.1, 0.15) is 33.1 Å². The molecule has 0 aromatic rings. The maximum Gasteiger partial charge on any atom is 0.111 e. The number of hydrazine groups is 1. The van der Waals surface area contributed by atoms with E-state index < -0.39 is 0 Å². The second kappa shape index (κ2) is 6.30. The highest BCUT2D eigenvalue weighted by molar-refractivity contribution is 7.99. The zero-order valence-corrected chi connectivity index (χ0v) is 9.94. The molecule has 0 aromatic heterocycles. The van der Waals surface area contributed by atoms with Crippen molar-refractivity contribution < 1.29 is 0 Å². The largest absolute Gasteiger partial charge is 0.312 e. The Morgan fingerprint density at radius 2 is 2.14 bits per heavy atom. The lowest BCUT2D eigenvalue weighted by molar-refractivity contribution is 0.502. The molecule has 1 saturated heterocycles. The summed E-state index contributed by atoms with van der Waals surface area (Å²) in [5.41, 5.74) is 2.72. The fourth-order valence-corrected chi connectivity index (χ4v) is 2.89. The van der Waals surface area contributed by atoms with E-state index in [2.05, 4.69) is 36.0 Å². The lowest BCUT2D eigenvalue weighted by Gasteiger charge is -2.22. The summed E-state index contributed by atoms with van der Waals surface area (Å²) in [6.07, 6.45) is 3.64. The van der Waals surface area contributed by atoms with Gasteiger partial charge in [-0.15, -0.1) is 0 Å².